The Bertz CT molecular complexity index is 939. The normalized spacial score (nSPS) is 19.4. The lowest BCUT2D eigenvalue weighted by Gasteiger charge is -2.21. The number of rotatable bonds is 9. The van der Waals surface area contributed by atoms with Crippen molar-refractivity contribution >= 4 is 39.8 Å². The van der Waals surface area contributed by atoms with E-state index in [1.165, 1.54) is 5.56 Å². The van der Waals surface area contributed by atoms with Crippen LogP contribution in [0.1, 0.15) is 30.9 Å². The second-order valence-corrected chi connectivity index (χ2v) is 10.5. The van der Waals surface area contributed by atoms with Crippen molar-refractivity contribution in [1.82, 2.24) is 15.5 Å². The number of hydrogen-bond acceptors (Lipinski definition) is 4. The molecule has 0 saturated carbocycles. The minimum absolute atomic E-state index is 0. The topological polar surface area (TPSA) is 73.8 Å². The van der Waals surface area contributed by atoms with Crippen LogP contribution >= 0.6 is 24.0 Å². The van der Waals surface area contributed by atoms with E-state index in [0.717, 1.165) is 31.0 Å². The molecule has 0 spiro atoms. The maximum Gasteiger partial charge on any atom is 0.191 e. The van der Waals surface area contributed by atoms with Crippen LogP contribution in [0.5, 0.6) is 0 Å². The minimum Gasteiger partial charge on any atom is -0.356 e. The van der Waals surface area contributed by atoms with Gasteiger partial charge in [0.1, 0.15) is 0 Å². The maximum atomic E-state index is 12.3. The average Bonchev–Trinajstić information content (AvgIpc) is 3.10. The van der Waals surface area contributed by atoms with E-state index < -0.39 is 9.84 Å². The number of nitrogens with one attached hydrogen (secondary N) is 2. The van der Waals surface area contributed by atoms with Gasteiger partial charge in [0, 0.05) is 38.8 Å². The molecule has 1 fully saturated rings. The quantitative estimate of drug-likeness (QED) is 0.209. The van der Waals surface area contributed by atoms with Crippen LogP contribution in [0.15, 0.2) is 65.7 Å². The third-order valence-electron chi connectivity index (χ3n) is 5.65. The predicted molar refractivity (Wildman–Crippen MR) is 143 cm³/mol. The fourth-order valence-electron chi connectivity index (χ4n) is 4.03. The molecule has 1 heterocycles. The van der Waals surface area contributed by atoms with Gasteiger partial charge < -0.3 is 10.6 Å². The fourth-order valence-corrected chi connectivity index (χ4v) is 5.46. The predicted octanol–water partition coefficient (Wildman–Crippen LogP) is 3.44. The number of nitrogens with zero attached hydrogens (tertiary/aromatic N) is 2. The van der Waals surface area contributed by atoms with Gasteiger partial charge in [-0.1, -0.05) is 60.7 Å². The largest absolute Gasteiger partial charge is 0.356 e. The molecule has 32 heavy (non-hydrogen) atoms. The molecule has 6 nitrogen and oxygen atoms in total. The number of hydrogen-bond donors (Lipinski definition) is 2. The van der Waals surface area contributed by atoms with E-state index in [0.29, 0.717) is 25.0 Å². The van der Waals surface area contributed by atoms with Gasteiger partial charge >= 0.3 is 0 Å². The van der Waals surface area contributed by atoms with Crippen molar-refractivity contribution < 1.29 is 8.42 Å². The highest BCUT2D eigenvalue weighted by Crippen LogP contribution is 2.20. The first-order valence-corrected chi connectivity index (χ1v) is 12.8. The van der Waals surface area contributed by atoms with Crippen molar-refractivity contribution in [2.75, 3.05) is 25.9 Å². The van der Waals surface area contributed by atoms with E-state index in [1.807, 2.05) is 36.4 Å². The second kappa shape index (κ2) is 13.2. The van der Waals surface area contributed by atoms with Gasteiger partial charge in [-0.25, -0.2) is 8.42 Å². The van der Waals surface area contributed by atoms with Gasteiger partial charge in [0.2, 0.25) is 0 Å². The lowest BCUT2D eigenvalue weighted by molar-refractivity contribution is 0.258. The Balaban J connectivity index is 0.00000363. The standard InChI is InChI=1S/C24H34N4O2S.HI/c1-20-16-23(18-28(20)17-21-10-5-3-6-11-21)27-24(25-2)26-14-9-15-31(29,30)19-22-12-7-4-8-13-22;/h3-8,10-13,20,23H,9,14-19H2,1-2H3,(H2,25,26,27);1H. The summed E-state index contributed by atoms with van der Waals surface area (Å²) < 4.78 is 24.7. The Labute approximate surface area is 209 Å². The first kappa shape index (κ1) is 26.6. The molecule has 0 aromatic heterocycles. The van der Waals surface area contributed by atoms with Crippen LogP contribution in [-0.4, -0.2) is 57.3 Å². The van der Waals surface area contributed by atoms with Crippen molar-refractivity contribution in [2.45, 2.75) is 44.1 Å². The molecule has 0 radical (unpaired) electrons. The molecule has 2 N–H and O–H groups in total. The molecule has 1 aliphatic rings. The van der Waals surface area contributed by atoms with Crippen molar-refractivity contribution in [3.63, 3.8) is 0 Å². The molecule has 1 saturated heterocycles. The van der Waals surface area contributed by atoms with Crippen LogP contribution in [0.3, 0.4) is 0 Å². The molecule has 0 aliphatic carbocycles. The van der Waals surface area contributed by atoms with E-state index >= 15 is 0 Å². The summed E-state index contributed by atoms with van der Waals surface area (Å²) in [5.74, 6) is 0.995. The highest BCUT2D eigenvalue weighted by molar-refractivity contribution is 14.0. The lowest BCUT2D eigenvalue weighted by Crippen LogP contribution is -2.45. The zero-order valence-corrected chi connectivity index (χ0v) is 22.1. The van der Waals surface area contributed by atoms with E-state index in [2.05, 4.69) is 51.7 Å². The highest BCUT2D eigenvalue weighted by atomic mass is 127. The second-order valence-electron chi connectivity index (χ2n) is 8.27. The molecule has 2 atom stereocenters. The summed E-state index contributed by atoms with van der Waals surface area (Å²) >= 11 is 0. The van der Waals surface area contributed by atoms with E-state index in [9.17, 15) is 8.42 Å². The molecule has 0 amide bonds. The molecule has 8 heteroatoms. The Hall–Kier alpha value is -1.65. The summed E-state index contributed by atoms with van der Waals surface area (Å²) in [4.78, 5) is 6.80. The maximum absolute atomic E-state index is 12.3. The smallest absolute Gasteiger partial charge is 0.191 e. The third-order valence-corrected chi connectivity index (χ3v) is 7.33. The van der Waals surface area contributed by atoms with Crippen LogP contribution in [0.2, 0.25) is 0 Å². The van der Waals surface area contributed by atoms with Gasteiger partial charge in [0.05, 0.1) is 11.5 Å². The van der Waals surface area contributed by atoms with Crippen molar-refractivity contribution in [3.8, 4) is 0 Å². The average molecular weight is 571 g/mol. The lowest BCUT2D eigenvalue weighted by atomic mass is 10.2. The molecule has 1 aliphatic heterocycles. The molecule has 2 unspecified atom stereocenters. The Kier molecular flexibility index (Phi) is 10.9. The van der Waals surface area contributed by atoms with Gasteiger partial charge in [-0.3, -0.25) is 9.89 Å². The van der Waals surface area contributed by atoms with Gasteiger partial charge in [-0.15, -0.1) is 24.0 Å². The Morgan fingerprint density at radius 2 is 1.69 bits per heavy atom. The number of aliphatic imine (C=N–C) groups is 1. The van der Waals surface area contributed by atoms with Crippen LogP contribution in [-0.2, 0) is 22.1 Å². The van der Waals surface area contributed by atoms with Gasteiger partial charge in [-0.2, -0.15) is 0 Å². The van der Waals surface area contributed by atoms with Crippen molar-refractivity contribution in [1.29, 1.82) is 0 Å². The molecule has 2 aromatic rings. The Morgan fingerprint density at radius 1 is 1.06 bits per heavy atom. The molecule has 176 valence electrons. The first-order valence-electron chi connectivity index (χ1n) is 10.9. The third kappa shape index (κ3) is 8.71. The minimum atomic E-state index is -3.11. The Morgan fingerprint density at radius 3 is 2.31 bits per heavy atom. The van der Waals surface area contributed by atoms with Crippen molar-refractivity contribution in [2.24, 2.45) is 4.99 Å². The molecular weight excluding hydrogens is 535 g/mol. The molecule has 3 rings (SSSR count). The number of benzene rings is 2. The van der Waals surface area contributed by atoms with Crippen LogP contribution in [0, 0.1) is 0 Å². The van der Waals surface area contributed by atoms with E-state index in [1.54, 1.807) is 7.05 Å². The summed E-state index contributed by atoms with van der Waals surface area (Å²) in [5, 5.41) is 6.77. The van der Waals surface area contributed by atoms with Gasteiger partial charge in [0.25, 0.3) is 0 Å². The summed E-state index contributed by atoms with van der Waals surface area (Å²) in [5.41, 5.74) is 2.16. The number of sulfone groups is 1. The summed E-state index contributed by atoms with van der Waals surface area (Å²) in [6.45, 7) is 4.75. The monoisotopic (exact) mass is 570 g/mol. The van der Waals surface area contributed by atoms with Crippen LogP contribution in [0.25, 0.3) is 0 Å². The zero-order valence-electron chi connectivity index (χ0n) is 18.9. The first-order chi connectivity index (χ1) is 14.9. The summed E-state index contributed by atoms with van der Waals surface area (Å²) in [6, 6.07) is 20.7. The molecule has 2 aromatic carbocycles. The van der Waals surface area contributed by atoms with Gasteiger partial charge in [-0.05, 0) is 30.9 Å². The summed E-state index contributed by atoms with van der Waals surface area (Å²) in [7, 11) is -1.36. The van der Waals surface area contributed by atoms with Gasteiger partial charge in [0.15, 0.2) is 15.8 Å². The number of halogens is 1. The van der Waals surface area contributed by atoms with Crippen molar-refractivity contribution in [3.05, 3.63) is 71.8 Å². The number of likely N-dealkylation sites (tertiary alicyclic amines) is 1. The summed E-state index contributed by atoms with van der Waals surface area (Å²) in [6.07, 6.45) is 1.61. The zero-order chi connectivity index (χ0) is 22.1. The van der Waals surface area contributed by atoms with Crippen LogP contribution in [0.4, 0.5) is 0 Å². The van der Waals surface area contributed by atoms with E-state index in [4.69, 9.17) is 0 Å². The molecule has 0 bridgehead atoms. The van der Waals surface area contributed by atoms with E-state index in [-0.39, 0.29) is 35.5 Å². The highest BCUT2D eigenvalue weighted by Gasteiger charge is 2.29. The van der Waals surface area contributed by atoms with Crippen LogP contribution < -0.4 is 10.6 Å². The number of guanidine groups is 1. The SMILES string of the molecule is CN=C(NCCCS(=O)(=O)Cc1ccccc1)NC1CC(C)N(Cc2ccccc2)C1.I. The fraction of sp³-hybridized carbons (Fsp3) is 0.458. The molecular formula is C24H35IN4O2S.